The van der Waals surface area contributed by atoms with Gasteiger partial charge in [0.05, 0.1) is 205 Å². The third-order valence-corrected chi connectivity index (χ3v) is 6.79. The van der Waals surface area contributed by atoms with E-state index in [4.69, 9.17) is 80.5 Å². The molecule has 0 N–H and O–H groups in total. The Morgan fingerprint density at radius 3 is 0.643 bits per heavy atom. The maximum absolute atomic E-state index is 5.52. The van der Waals surface area contributed by atoms with Crippen LogP contribution >= 0.6 is 0 Å². The molecule has 0 saturated carbocycles. The first-order valence-electron chi connectivity index (χ1n) is 19.6. The summed E-state index contributed by atoms with van der Waals surface area (Å²) in [5, 5.41) is 0. The minimum Gasteiger partial charge on any atom is -0.491 e. The van der Waals surface area contributed by atoms with Gasteiger partial charge in [-0.2, -0.15) is 0 Å². The lowest BCUT2D eigenvalue weighted by atomic mass is 10.4. The number of methoxy groups -OCH3 is 1. The molecule has 0 aliphatic heterocycles. The Labute approximate surface area is 334 Å². The lowest BCUT2D eigenvalue weighted by Crippen LogP contribution is -2.16. The van der Waals surface area contributed by atoms with Crippen LogP contribution in [-0.4, -0.2) is 224 Å². The van der Waals surface area contributed by atoms with Crippen molar-refractivity contribution in [2.45, 2.75) is 0 Å². The van der Waals surface area contributed by atoms with E-state index in [2.05, 4.69) is 4.98 Å². The Morgan fingerprint density at radius 2 is 0.446 bits per heavy atom. The molecule has 0 saturated heterocycles. The molecular formula is C38H71NO17. The van der Waals surface area contributed by atoms with E-state index in [1.165, 1.54) is 0 Å². The Bertz CT molecular complexity index is 852. The minimum atomic E-state index is 0.485. The largest absolute Gasteiger partial charge is 0.491 e. The molecule has 1 rings (SSSR count). The van der Waals surface area contributed by atoms with E-state index in [-0.39, 0.29) is 0 Å². The number of hydrogen-bond donors (Lipinski definition) is 0. The summed E-state index contributed by atoms with van der Waals surface area (Å²) in [7, 11) is 1.64. The molecule has 0 atom stereocenters. The summed E-state index contributed by atoms with van der Waals surface area (Å²) >= 11 is 0. The Hall–Kier alpha value is -1.69. The molecule has 1 aromatic heterocycles. The van der Waals surface area contributed by atoms with Gasteiger partial charge >= 0.3 is 0 Å². The predicted octanol–water partition coefficient (Wildman–Crippen LogP) is 1.36. The molecule has 18 heteroatoms. The zero-order chi connectivity index (χ0) is 39.8. The molecule has 0 aliphatic rings. The second kappa shape index (κ2) is 47.7. The highest BCUT2D eigenvalue weighted by Gasteiger charge is 1.98. The average Bonchev–Trinajstić information content (AvgIpc) is 3.22. The first kappa shape index (κ1) is 52.3. The van der Waals surface area contributed by atoms with Gasteiger partial charge in [-0.15, -0.1) is 0 Å². The van der Waals surface area contributed by atoms with Crippen LogP contribution in [0.5, 0.6) is 5.75 Å². The molecule has 18 nitrogen and oxygen atoms in total. The van der Waals surface area contributed by atoms with Crippen molar-refractivity contribution in [1.82, 2.24) is 4.98 Å². The van der Waals surface area contributed by atoms with Crippen molar-refractivity contribution in [2.24, 2.45) is 0 Å². The number of pyridine rings is 1. The van der Waals surface area contributed by atoms with Crippen LogP contribution in [-0.2, 0) is 75.8 Å². The molecule has 56 heavy (non-hydrogen) atoms. The molecule has 1 heterocycles. The standard InChI is InChI=1S/C38H71NO17/c1-40-6-7-41-8-9-42-10-11-43-12-13-44-14-15-45-16-17-46-18-19-47-20-21-48-22-23-49-24-25-50-26-27-51-28-29-52-30-31-53-32-33-54-34-35-55-36-37-56-38-2-4-39-5-3-38/h2-5H,6-37H2,1H3. The van der Waals surface area contributed by atoms with Crippen molar-refractivity contribution >= 4 is 0 Å². The van der Waals surface area contributed by atoms with Gasteiger partial charge in [-0.1, -0.05) is 0 Å². The summed E-state index contributed by atoms with van der Waals surface area (Å²) in [6.45, 7) is 16.4. The first-order chi connectivity index (χ1) is 27.9. The van der Waals surface area contributed by atoms with Crippen molar-refractivity contribution < 1.29 is 80.5 Å². The fourth-order valence-corrected chi connectivity index (χ4v) is 3.98. The normalized spacial score (nSPS) is 11.5. The lowest BCUT2D eigenvalue weighted by molar-refractivity contribution is -0.0303. The fraction of sp³-hybridized carbons (Fsp3) is 0.868. The van der Waals surface area contributed by atoms with Gasteiger partial charge in [0.15, 0.2) is 0 Å². The monoisotopic (exact) mass is 813 g/mol. The van der Waals surface area contributed by atoms with Crippen LogP contribution in [0.25, 0.3) is 0 Å². The molecule has 0 aliphatic carbocycles. The predicted molar refractivity (Wildman–Crippen MR) is 204 cm³/mol. The second-order valence-electron chi connectivity index (χ2n) is 11.2. The van der Waals surface area contributed by atoms with Gasteiger partial charge in [-0.3, -0.25) is 4.98 Å². The topological polar surface area (TPSA) is 170 Å². The van der Waals surface area contributed by atoms with Crippen LogP contribution in [0.2, 0.25) is 0 Å². The molecule has 1 aromatic rings. The molecule has 0 unspecified atom stereocenters. The van der Waals surface area contributed by atoms with Gasteiger partial charge in [0.1, 0.15) is 12.4 Å². The van der Waals surface area contributed by atoms with Crippen LogP contribution in [0.15, 0.2) is 24.5 Å². The van der Waals surface area contributed by atoms with Crippen molar-refractivity contribution in [3.8, 4) is 5.75 Å². The van der Waals surface area contributed by atoms with Gasteiger partial charge < -0.3 is 80.5 Å². The quantitative estimate of drug-likeness (QED) is 0.0864. The highest BCUT2D eigenvalue weighted by atomic mass is 16.6. The van der Waals surface area contributed by atoms with E-state index in [0.717, 1.165) is 5.75 Å². The van der Waals surface area contributed by atoms with E-state index in [1.54, 1.807) is 19.5 Å². The molecule has 0 bridgehead atoms. The number of hydrogen-bond acceptors (Lipinski definition) is 18. The van der Waals surface area contributed by atoms with Gasteiger partial charge in [0.25, 0.3) is 0 Å². The van der Waals surface area contributed by atoms with Crippen LogP contribution in [0, 0.1) is 0 Å². The SMILES string of the molecule is COCCOCCOCCOCCOCCOCCOCCOCCOCCOCCOCCOCCOCCOCCOCCOCCOc1ccncc1. The molecule has 330 valence electrons. The maximum atomic E-state index is 5.52. The van der Waals surface area contributed by atoms with Crippen molar-refractivity contribution in [1.29, 1.82) is 0 Å². The Balaban J connectivity index is 1.59. The fourth-order valence-electron chi connectivity index (χ4n) is 3.98. The zero-order valence-electron chi connectivity index (χ0n) is 33.8. The molecule has 0 spiro atoms. The van der Waals surface area contributed by atoms with E-state index < -0.39 is 0 Å². The molecule has 0 radical (unpaired) electrons. The molecule has 0 amide bonds. The highest BCUT2D eigenvalue weighted by molar-refractivity contribution is 5.16. The van der Waals surface area contributed by atoms with Gasteiger partial charge in [-0.25, -0.2) is 0 Å². The number of rotatable bonds is 49. The number of ether oxygens (including phenoxy) is 17. The van der Waals surface area contributed by atoms with Crippen LogP contribution in [0.1, 0.15) is 0 Å². The number of aromatic nitrogens is 1. The van der Waals surface area contributed by atoms with E-state index in [0.29, 0.717) is 211 Å². The molecule has 0 aromatic carbocycles. The highest BCUT2D eigenvalue weighted by Crippen LogP contribution is 2.05. The number of nitrogens with zero attached hydrogens (tertiary/aromatic N) is 1. The summed E-state index contributed by atoms with van der Waals surface area (Å²) in [5.74, 6) is 0.779. The van der Waals surface area contributed by atoms with Gasteiger partial charge in [0.2, 0.25) is 0 Å². The Kier molecular flexibility index (Phi) is 44.6. The van der Waals surface area contributed by atoms with Crippen LogP contribution in [0.4, 0.5) is 0 Å². The Morgan fingerprint density at radius 1 is 0.268 bits per heavy atom. The minimum absolute atomic E-state index is 0.485. The summed E-state index contributed by atoms with van der Waals surface area (Å²) in [6.07, 6.45) is 3.38. The summed E-state index contributed by atoms with van der Waals surface area (Å²) in [4.78, 5) is 3.94. The maximum Gasteiger partial charge on any atom is 0.122 e. The lowest BCUT2D eigenvalue weighted by Gasteiger charge is -2.09. The zero-order valence-corrected chi connectivity index (χ0v) is 33.8. The van der Waals surface area contributed by atoms with E-state index in [1.807, 2.05) is 12.1 Å². The molecular weight excluding hydrogens is 742 g/mol. The van der Waals surface area contributed by atoms with Crippen LogP contribution in [0.3, 0.4) is 0 Å². The third kappa shape index (κ3) is 43.4. The van der Waals surface area contributed by atoms with E-state index >= 15 is 0 Å². The van der Waals surface area contributed by atoms with Gasteiger partial charge in [-0.05, 0) is 12.1 Å². The summed E-state index contributed by atoms with van der Waals surface area (Å²) in [5.41, 5.74) is 0. The van der Waals surface area contributed by atoms with Crippen molar-refractivity contribution in [2.75, 3.05) is 219 Å². The van der Waals surface area contributed by atoms with Crippen molar-refractivity contribution in [3.63, 3.8) is 0 Å². The third-order valence-electron chi connectivity index (χ3n) is 6.79. The molecule has 0 fully saturated rings. The van der Waals surface area contributed by atoms with E-state index in [9.17, 15) is 0 Å². The van der Waals surface area contributed by atoms with Crippen LogP contribution < -0.4 is 4.74 Å². The smallest absolute Gasteiger partial charge is 0.122 e. The first-order valence-corrected chi connectivity index (χ1v) is 19.6. The average molecular weight is 814 g/mol. The van der Waals surface area contributed by atoms with Gasteiger partial charge in [0, 0.05) is 19.5 Å². The summed E-state index contributed by atoms with van der Waals surface area (Å²) < 4.78 is 92.4. The second-order valence-corrected chi connectivity index (χ2v) is 11.2. The van der Waals surface area contributed by atoms with Crippen molar-refractivity contribution in [3.05, 3.63) is 24.5 Å². The summed E-state index contributed by atoms with van der Waals surface area (Å²) in [6, 6.07) is 3.61.